The molecule has 1 saturated heterocycles. The normalized spacial score (nSPS) is 17.3. The van der Waals surface area contributed by atoms with E-state index in [1.807, 2.05) is 0 Å². The lowest BCUT2D eigenvalue weighted by Crippen LogP contribution is -2.37. The van der Waals surface area contributed by atoms with Gasteiger partial charge in [-0.3, -0.25) is 0 Å². The molecule has 0 bridgehead atoms. The summed E-state index contributed by atoms with van der Waals surface area (Å²) in [6.45, 7) is 2.66. The first-order valence-electron chi connectivity index (χ1n) is 6.35. The van der Waals surface area contributed by atoms with Crippen LogP contribution >= 0.6 is 0 Å². The number of aliphatic hydroxyl groups excluding tert-OH is 2. The van der Waals surface area contributed by atoms with Crippen LogP contribution in [0.3, 0.4) is 0 Å². The van der Waals surface area contributed by atoms with Gasteiger partial charge in [-0.2, -0.15) is 0 Å². The average Bonchev–Trinajstić information content (AvgIpc) is 2.45. The minimum Gasteiger partial charge on any atom is -0.394 e. The summed E-state index contributed by atoms with van der Waals surface area (Å²) in [6.07, 6.45) is -0.860. The number of nitrogens with zero attached hydrogens (tertiary/aromatic N) is 1. The van der Waals surface area contributed by atoms with E-state index in [0.29, 0.717) is 18.9 Å². The first-order chi connectivity index (χ1) is 9.20. The van der Waals surface area contributed by atoms with Crippen LogP contribution in [-0.2, 0) is 4.74 Å². The minimum atomic E-state index is -0.860. The fraction of sp³-hybridized carbons (Fsp3) is 0.538. The molecule has 0 aromatic heterocycles. The molecule has 6 heteroatoms. The van der Waals surface area contributed by atoms with Crippen LogP contribution in [0.15, 0.2) is 18.2 Å². The molecule has 1 fully saturated rings. The lowest BCUT2D eigenvalue weighted by atomic mass is 10.2. The highest BCUT2D eigenvalue weighted by Crippen LogP contribution is 2.27. The molecular formula is C13H19FN2O3. The van der Waals surface area contributed by atoms with Crippen molar-refractivity contribution in [3.8, 4) is 0 Å². The highest BCUT2D eigenvalue weighted by molar-refractivity contribution is 5.70. The number of hydrogen-bond donors (Lipinski definition) is 3. The third-order valence-corrected chi connectivity index (χ3v) is 3.05. The quantitative estimate of drug-likeness (QED) is 0.724. The van der Waals surface area contributed by atoms with Gasteiger partial charge in [-0.15, -0.1) is 0 Å². The molecule has 1 aliphatic heterocycles. The second-order valence-corrected chi connectivity index (χ2v) is 4.48. The molecule has 19 heavy (non-hydrogen) atoms. The Bertz CT molecular complexity index is 411. The second kappa shape index (κ2) is 6.70. The summed E-state index contributed by atoms with van der Waals surface area (Å²) in [5.41, 5.74) is 1.50. The molecule has 0 spiro atoms. The van der Waals surface area contributed by atoms with Crippen molar-refractivity contribution >= 4 is 11.4 Å². The number of aliphatic hydroxyl groups is 2. The van der Waals surface area contributed by atoms with E-state index in [0.717, 1.165) is 18.8 Å². The van der Waals surface area contributed by atoms with E-state index in [2.05, 4.69) is 10.2 Å². The molecule has 106 valence electrons. The maximum absolute atomic E-state index is 13.3. The van der Waals surface area contributed by atoms with Crippen molar-refractivity contribution in [3.63, 3.8) is 0 Å². The van der Waals surface area contributed by atoms with Crippen LogP contribution in [0.2, 0.25) is 0 Å². The van der Waals surface area contributed by atoms with Crippen LogP contribution in [-0.4, -0.2) is 55.8 Å². The summed E-state index contributed by atoms with van der Waals surface area (Å²) in [6, 6.07) is 4.53. The Hall–Kier alpha value is -1.37. The number of rotatable bonds is 5. The van der Waals surface area contributed by atoms with Gasteiger partial charge < -0.3 is 25.2 Å². The van der Waals surface area contributed by atoms with E-state index in [9.17, 15) is 9.50 Å². The van der Waals surface area contributed by atoms with Crippen molar-refractivity contribution in [2.45, 2.75) is 6.10 Å². The Balaban J connectivity index is 2.12. The number of ether oxygens (including phenoxy) is 1. The fourth-order valence-corrected chi connectivity index (χ4v) is 2.02. The van der Waals surface area contributed by atoms with Crippen molar-refractivity contribution in [2.24, 2.45) is 0 Å². The molecule has 1 atom stereocenters. The first-order valence-corrected chi connectivity index (χ1v) is 6.35. The van der Waals surface area contributed by atoms with Crippen molar-refractivity contribution in [1.82, 2.24) is 0 Å². The lowest BCUT2D eigenvalue weighted by Gasteiger charge is -2.31. The molecule has 5 nitrogen and oxygen atoms in total. The molecule has 0 aliphatic carbocycles. The number of hydrogen-bond acceptors (Lipinski definition) is 5. The van der Waals surface area contributed by atoms with E-state index >= 15 is 0 Å². The van der Waals surface area contributed by atoms with Gasteiger partial charge >= 0.3 is 0 Å². The van der Waals surface area contributed by atoms with Gasteiger partial charge in [0.15, 0.2) is 0 Å². The summed E-state index contributed by atoms with van der Waals surface area (Å²) < 4.78 is 18.6. The largest absolute Gasteiger partial charge is 0.394 e. The van der Waals surface area contributed by atoms with Gasteiger partial charge in [0.2, 0.25) is 0 Å². The Morgan fingerprint density at radius 1 is 1.37 bits per heavy atom. The molecule has 2 rings (SSSR count). The Morgan fingerprint density at radius 3 is 2.79 bits per heavy atom. The maximum Gasteiger partial charge on any atom is 0.125 e. The molecule has 1 heterocycles. The van der Waals surface area contributed by atoms with Crippen molar-refractivity contribution < 1.29 is 19.3 Å². The van der Waals surface area contributed by atoms with Crippen molar-refractivity contribution in [2.75, 3.05) is 49.7 Å². The number of benzene rings is 1. The van der Waals surface area contributed by atoms with E-state index in [1.165, 1.54) is 12.1 Å². The number of halogens is 1. The third-order valence-electron chi connectivity index (χ3n) is 3.05. The summed E-state index contributed by atoms with van der Waals surface area (Å²) in [5, 5.41) is 21.1. The molecule has 1 aliphatic rings. The van der Waals surface area contributed by atoms with Gasteiger partial charge in [-0.1, -0.05) is 0 Å². The monoisotopic (exact) mass is 270 g/mol. The van der Waals surface area contributed by atoms with Crippen LogP contribution in [0.5, 0.6) is 0 Å². The van der Waals surface area contributed by atoms with Crippen molar-refractivity contribution in [3.05, 3.63) is 24.0 Å². The van der Waals surface area contributed by atoms with E-state index in [1.54, 1.807) is 6.07 Å². The summed E-state index contributed by atoms with van der Waals surface area (Å²) in [4.78, 5) is 2.11. The standard InChI is InChI=1S/C13H19FN2O3/c14-10-1-2-13(16-3-5-19-6-4-16)12(7-10)15-8-11(18)9-17/h1-2,7,11,15,17-18H,3-6,8-9H2. The van der Waals surface area contributed by atoms with Crippen LogP contribution in [0.1, 0.15) is 0 Å². The van der Waals surface area contributed by atoms with E-state index in [4.69, 9.17) is 9.84 Å². The summed E-state index contributed by atoms with van der Waals surface area (Å²) in [7, 11) is 0. The molecule has 0 saturated carbocycles. The smallest absolute Gasteiger partial charge is 0.125 e. The Kier molecular flexibility index (Phi) is 4.95. The molecular weight excluding hydrogens is 251 g/mol. The second-order valence-electron chi connectivity index (χ2n) is 4.48. The molecule has 0 radical (unpaired) electrons. The summed E-state index contributed by atoms with van der Waals surface area (Å²) in [5.74, 6) is -0.335. The Morgan fingerprint density at radius 2 is 2.11 bits per heavy atom. The van der Waals surface area contributed by atoms with Gasteiger partial charge in [-0.25, -0.2) is 4.39 Å². The Labute approximate surface area is 111 Å². The molecule has 1 unspecified atom stereocenters. The zero-order valence-electron chi connectivity index (χ0n) is 10.7. The van der Waals surface area contributed by atoms with Gasteiger partial charge in [0, 0.05) is 19.6 Å². The van der Waals surface area contributed by atoms with Crippen molar-refractivity contribution in [1.29, 1.82) is 0 Å². The van der Waals surface area contributed by atoms with Crippen LogP contribution in [0.4, 0.5) is 15.8 Å². The van der Waals surface area contributed by atoms with Crippen LogP contribution < -0.4 is 10.2 Å². The predicted molar refractivity (Wildman–Crippen MR) is 71.0 cm³/mol. The van der Waals surface area contributed by atoms with Crippen LogP contribution in [0, 0.1) is 5.82 Å². The maximum atomic E-state index is 13.3. The number of nitrogens with one attached hydrogen (secondary N) is 1. The van der Waals surface area contributed by atoms with Crippen LogP contribution in [0.25, 0.3) is 0 Å². The molecule has 1 aromatic rings. The predicted octanol–water partition coefficient (Wildman–Crippen LogP) is 0.427. The summed E-state index contributed by atoms with van der Waals surface area (Å²) >= 11 is 0. The minimum absolute atomic E-state index is 0.178. The zero-order valence-corrected chi connectivity index (χ0v) is 10.7. The highest BCUT2D eigenvalue weighted by atomic mass is 19.1. The number of morpholine rings is 1. The van der Waals surface area contributed by atoms with Gasteiger partial charge in [0.1, 0.15) is 5.82 Å². The molecule has 0 amide bonds. The fourth-order valence-electron chi connectivity index (χ4n) is 2.02. The first kappa shape index (κ1) is 14.0. The number of anilines is 2. The van der Waals surface area contributed by atoms with E-state index in [-0.39, 0.29) is 19.0 Å². The van der Waals surface area contributed by atoms with Gasteiger partial charge in [-0.05, 0) is 18.2 Å². The molecule has 3 N–H and O–H groups in total. The molecule has 1 aromatic carbocycles. The zero-order chi connectivity index (χ0) is 13.7. The SMILES string of the molecule is OCC(O)CNc1cc(F)ccc1N1CCOCC1. The lowest BCUT2D eigenvalue weighted by molar-refractivity contribution is 0.105. The topological polar surface area (TPSA) is 65.0 Å². The highest BCUT2D eigenvalue weighted by Gasteiger charge is 2.15. The van der Waals surface area contributed by atoms with Gasteiger partial charge in [0.25, 0.3) is 0 Å². The van der Waals surface area contributed by atoms with Gasteiger partial charge in [0.05, 0.1) is 37.3 Å². The third kappa shape index (κ3) is 3.79. The average molecular weight is 270 g/mol. The van der Waals surface area contributed by atoms with E-state index < -0.39 is 6.10 Å².